The minimum Gasteiger partial charge on any atom is -0.362 e. The third-order valence-corrected chi connectivity index (χ3v) is 7.79. The van der Waals surface area contributed by atoms with Crippen molar-refractivity contribution >= 4 is 46.3 Å². The van der Waals surface area contributed by atoms with E-state index in [9.17, 15) is 9.59 Å². The molecule has 3 heteroatoms. The van der Waals surface area contributed by atoms with Gasteiger partial charge in [-0.2, -0.15) is 0 Å². The van der Waals surface area contributed by atoms with Crippen LogP contribution in [0.15, 0.2) is 163 Å². The van der Waals surface area contributed by atoms with Crippen LogP contribution in [0.25, 0.3) is 40.1 Å². The highest BCUT2D eigenvalue weighted by atomic mass is 16.1. The normalized spacial score (nSPS) is 12.5. The van der Waals surface area contributed by atoms with Gasteiger partial charge in [0.1, 0.15) is 0 Å². The van der Waals surface area contributed by atoms with E-state index in [1.165, 1.54) is 12.5 Å². The van der Waals surface area contributed by atoms with Crippen LogP contribution in [0, 0.1) is 0 Å². The molecule has 0 amide bonds. The first-order chi connectivity index (χ1) is 22.5. The van der Waals surface area contributed by atoms with Crippen molar-refractivity contribution in [2.24, 2.45) is 0 Å². The van der Waals surface area contributed by atoms with E-state index in [4.69, 9.17) is 0 Å². The number of allylic oxidation sites excluding steroid dienone is 2. The molecule has 0 aliphatic rings. The van der Waals surface area contributed by atoms with E-state index in [0.717, 1.165) is 43.6 Å². The van der Waals surface area contributed by atoms with E-state index in [2.05, 4.69) is 47.8 Å². The van der Waals surface area contributed by atoms with Crippen molar-refractivity contribution in [1.82, 2.24) is 0 Å². The van der Waals surface area contributed by atoms with Crippen molar-refractivity contribution in [3.63, 3.8) is 0 Å². The molecule has 0 bridgehead atoms. The highest BCUT2D eigenvalue weighted by molar-refractivity contribution is 6.28. The number of hydrogen-bond donors (Lipinski definition) is 1. The van der Waals surface area contributed by atoms with Crippen molar-refractivity contribution < 1.29 is 9.59 Å². The first kappa shape index (κ1) is 30.0. The third-order valence-electron chi connectivity index (χ3n) is 7.79. The first-order valence-electron chi connectivity index (χ1n) is 15.3. The lowest BCUT2D eigenvalue weighted by molar-refractivity contribution is -0.113. The van der Waals surface area contributed by atoms with Gasteiger partial charge in [-0.05, 0) is 86.8 Å². The van der Waals surface area contributed by atoms with E-state index in [-0.39, 0.29) is 17.1 Å². The lowest BCUT2D eigenvalue weighted by atomic mass is 9.95. The second kappa shape index (κ2) is 14.1. The second-order valence-corrected chi connectivity index (χ2v) is 11.1. The Morgan fingerprint density at radius 1 is 0.587 bits per heavy atom. The van der Waals surface area contributed by atoms with Gasteiger partial charge in [0.2, 0.25) is 0 Å². The summed E-state index contributed by atoms with van der Waals surface area (Å²) in [5.74, 6) is -0.545. The van der Waals surface area contributed by atoms with Gasteiger partial charge in [-0.1, -0.05) is 133 Å². The van der Waals surface area contributed by atoms with Crippen LogP contribution in [0.4, 0.5) is 5.69 Å². The van der Waals surface area contributed by atoms with Gasteiger partial charge < -0.3 is 5.32 Å². The van der Waals surface area contributed by atoms with E-state index in [0.29, 0.717) is 5.56 Å². The Balaban J connectivity index is 1.17. The van der Waals surface area contributed by atoms with Crippen LogP contribution in [0.2, 0.25) is 0 Å². The molecule has 46 heavy (non-hydrogen) atoms. The third kappa shape index (κ3) is 7.35. The molecule has 0 aliphatic carbocycles. The molecule has 222 valence electrons. The van der Waals surface area contributed by atoms with Crippen LogP contribution in [-0.2, 0) is 4.79 Å². The number of ketones is 2. The van der Waals surface area contributed by atoms with Gasteiger partial charge in [0, 0.05) is 17.5 Å². The van der Waals surface area contributed by atoms with Crippen LogP contribution >= 0.6 is 0 Å². The summed E-state index contributed by atoms with van der Waals surface area (Å²) in [5, 5.41) is 7.72. The molecule has 0 unspecified atom stereocenters. The summed E-state index contributed by atoms with van der Waals surface area (Å²) in [6.45, 7) is 1.44. The molecule has 0 fully saturated rings. The van der Waals surface area contributed by atoms with E-state index < -0.39 is 0 Å². The average molecular weight is 596 g/mol. The molecule has 0 heterocycles. The fourth-order valence-corrected chi connectivity index (χ4v) is 5.36. The van der Waals surface area contributed by atoms with E-state index in [1.807, 2.05) is 115 Å². The van der Waals surface area contributed by atoms with E-state index in [1.54, 1.807) is 18.2 Å². The monoisotopic (exact) mass is 595 g/mol. The van der Waals surface area contributed by atoms with Gasteiger partial charge >= 0.3 is 0 Å². The number of benzene rings is 6. The molecule has 6 aromatic carbocycles. The largest absolute Gasteiger partial charge is 0.362 e. The molecular formula is C43H33NO2. The lowest BCUT2D eigenvalue weighted by Crippen LogP contribution is -2.23. The minimum absolute atomic E-state index is 0.162. The van der Waals surface area contributed by atoms with Crippen LogP contribution in [0.3, 0.4) is 0 Å². The summed E-state index contributed by atoms with van der Waals surface area (Å²) in [6, 6.07) is 48.1. The summed E-state index contributed by atoms with van der Waals surface area (Å²) in [5.41, 5.74) is 5.67. The number of anilines is 1. The number of rotatable bonds is 9. The Labute approximate surface area is 269 Å². The molecule has 0 atom stereocenters. The van der Waals surface area contributed by atoms with Crippen LogP contribution in [-0.4, -0.2) is 11.6 Å². The Morgan fingerprint density at radius 2 is 1.22 bits per heavy atom. The molecule has 0 aromatic heterocycles. The topological polar surface area (TPSA) is 46.2 Å². The summed E-state index contributed by atoms with van der Waals surface area (Å²) in [6.07, 6.45) is 9.89. The Hall–Kier alpha value is -6.06. The molecule has 1 N–H and O–H groups in total. The van der Waals surface area contributed by atoms with Gasteiger partial charge in [-0.15, -0.1) is 0 Å². The zero-order valence-corrected chi connectivity index (χ0v) is 25.6. The van der Waals surface area contributed by atoms with Crippen molar-refractivity contribution in [3.8, 4) is 11.1 Å². The molecular weight excluding hydrogens is 562 g/mol. The Kier molecular flexibility index (Phi) is 9.22. The highest BCUT2D eigenvalue weighted by Gasteiger charge is 2.17. The van der Waals surface area contributed by atoms with E-state index >= 15 is 0 Å². The number of nitrogens with one attached hydrogen (secondary N) is 1. The van der Waals surface area contributed by atoms with Crippen molar-refractivity contribution in [1.29, 1.82) is 0 Å². The first-order valence-corrected chi connectivity index (χ1v) is 15.3. The van der Waals surface area contributed by atoms with Crippen molar-refractivity contribution in [2.45, 2.75) is 6.92 Å². The van der Waals surface area contributed by atoms with Crippen molar-refractivity contribution in [3.05, 3.63) is 191 Å². The van der Waals surface area contributed by atoms with Crippen LogP contribution in [0.1, 0.15) is 28.4 Å². The number of carbonyl (C=O) groups is 2. The standard InChI is InChI=1S/C43H33NO2/c1-31(45)42(43(46)37-22-20-36(21-23-37)34-13-6-3-7-14-34)29-33-18-19-40-30-41(25-24-39(40)28-33)44-26-10-17-35-15-8-9-16-38(35)27-32-11-4-2-5-12-32/h2-30,44H,1H3/b26-10+,35-17-,38-27-,42-29?. The van der Waals surface area contributed by atoms with Gasteiger partial charge in [0.15, 0.2) is 11.6 Å². The highest BCUT2D eigenvalue weighted by Crippen LogP contribution is 2.24. The average Bonchev–Trinajstić information content (AvgIpc) is 3.10. The van der Waals surface area contributed by atoms with Gasteiger partial charge in [-0.25, -0.2) is 0 Å². The molecule has 0 saturated heterocycles. The molecule has 6 rings (SSSR count). The second-order valence-electron chi connectivity index (χ2n) is 11.1. The minimum atomic E-state index is -0.282. The summed E-state index contributed by atoms with van der Waals surface area (Å²) in [4.78, 5) is 25.9. The smallest absolute Gasteiger partial charge is 0.196 e. The van der Waals surface area contributed by atoms with Gasteiger partial charge in [-0.3, -0.25) is 9.59 Å². The Morgan fingerprint density at radius 3 is 1.96 bits per heavy atom. The maximum absolute atomic E-state index is 13.4. The summed E-state index contributed by atoms with van der Waals surface area (Å²) in [7, 11) is 0. The van der Waals surface area contributed by atoms with Crippen LogP contribution < -0.4 is 15.8 Å². The predicted molar refractivity (Wildman–Crippen MR) is 192 cm³/mol. The number of carbonyl (C=O) groups excluding carboxylic acids is 2. The van der Waals surface area contributed by atoms with Crippen molar-refractivity contribution in [2.75, 3.05) is 5.32 Å². The van der Waals surface area contributed by atoms with Gasteiger partial charge in [0.25, 0.3) is 0 Å². The zero-order chi connectivity index (χ0) is 31.7. The zero-order valence-electron chi connectivity index (χ0n) is 25.6. The quantitative estimate of drug-likeness (QED) is 0.0788. The predicted octanol–water partition coefficient (Wildman–Crippen LogP) is 8.60. The molecule has 6 aromatic rings. The summed E-state index contributed by atoms with van der Waals surface area (Å²) < 4.78 is 0. The maximum Gasteiger partial charge on any atom is 0.196 e. The molecule has 0 radical (unpaired) electrons. The maximum atomic E-state index is 13.4. The number of Topliss-reactive ketones (excluding diaryl/α,β-unsaturated/α-hetero) is 2. The molecule has 3 nitrogen and oxygen atoms in total. The fraction of sp³-hybridized carbons (Fsp3) is 0.0233. The van der Waals surface area contributed by atoms with Gasteiger partial charge in [0.05, 0.1) is 5.57 Å². The molecule has 0 spiro atoms. The lowest BCUT2D eigenvalue weighted by Gasteiger charge is -2.07. The number of fused-ring (bicyclic) bond motifs is 1. The molecule has 0 aliphatic heterocycles. The fourth-order valence-electron chi connectivity index (χ4n) is 5.36. The SMILES string of the molecule is CC(=O)C(=Cc1ccc2cc(N/C=C/C=c3/cccc/c3=C/c3ccccc3)ccc2c1)C(=O)c1ccc(-c2ccccc2)cc1. The van der Waals surface area contributed by atoms with Crippen LogP contribution in [0.5, 0.6) is 0 Å². The summed E-state index contributed by atoms with van der Waals surface area (Å²) >= 11 is 0. The Bertz CT molecular complexity index is 2190. The molecule has 0 saturated carbocycles. The number of hydrogen-bond acceptors (Lipinski definition) is 3.